The van der Waals surface area contributed by atoms with Crippen molar-refractivity contribution in [3.8, 4) is 0 Å². The van der Waals surface area contributed by atoms with Gasteiger partial charge in [-0.15, -0.1) is 0 Å². The van der Waals surface area contributed by atoms with Crippen LogP contribution >= 0.6 is 0 Å². The minimum absolute atomic E-state index is 0.120. The van der Waals surface area contributed by atoms with Crippen molar-refractivity contribution >= 4 is 29.8 Å². The van der Waals surface area contributed by atoms with Crippen LogP contribution in [0.15, 0.2) is 188 Å². The summed E-state index contributed by atoms with van der Waals surface area (Å²) < 4.78 is 267. The first kappa shape index (κ1) is 84.9. The summed E-state index contributed by atoms with van der Waals surface area (Å²) >= 11 is 0. The van der Waals surface area contributed by atoms with E-state index in [-0.39, 0.29) is 19.8 Å². The number of esters is 4. The highest BCUT2D eigenvalue weighted by molar-refractivity contribution is 5.85. The van der Waals surface area contributed by atoms with Gasteiger partial charge in [-0.25, -0.2) is 24.0 Å². The van der Waals surface area contributed by atoms with E-state index in [2.05, 4.69) is 23.7 Å². The highest BCUT2D eigenvalue weighted by atomic mass is 19.4. The second-order valence-electron chi connectivity index (χ2n) is 21.6. The number of hydrogen-bond acceptors (Lipinski definition) is 19. The summed E-state index contributed by atoms with van der Waals surface area (Å²) in [6.45, 7) is -1.74. The van der Waals surface area contributed by atoms with Gasteiger partial charge in [0.2, 0.25) is 0 Å². The number of rotatable bonds is 22. The van der Waals surface area contributed by atoms with Crippen molar-refractivity contribution in [1.82, 2.24) is 0 Å². The Morgan fingerprint density at radius 1 is 0.369 bits per heavy atom. The average Bonchev–Trinajstić information content (AvgIpc) is 0.785. The molecule has 0 bridgehead atoms. The van der Waals surface area contributed by atoms with Crippen LogP contribution < -0.4 is 0 Å². The molecule has 103 heavy (non-hydrogen) atoms. The minimum Gasteiger partial charge on any atom is -0.479 e. The van der Waals surface area contributed by atoms with Crippen LogP contribution in [0.2, 0.25) is 0 Å². The van der Waals surface area contributed by atoms with Crippen molar-refractivity contribution in [2.75, 3.05) is 75.2 Å². The number of methoxy groups -OCH3 is 5. The zero-order valence-corrected chi connectivity index (χ0v) is 54.6. The topological polar surface area (TPSA) is 257 Å². The Morgan fingerprint density at radius 3 is 0.816 bits per heavy atom. The zero-order chi connectivity index (χ0) is 76.9. The molecule has 3 aliphatic heterocycles. The van der Waals surface area contributed by atoms with Crippen LogP contribution in [0.5, 0.6) is 0 Å². The standard InChI is InChI=1S/2C26H24F6O7.C10H9F3O3.C6H10O3/c2*1-35-23(25(27,28)29,17-10-5-3-6-11-17)21(33)38-16-20-19(14-9-15-37-20)39-22(34)24(36-2,26(30,31)32)18-12-7-4-8-13-18;1-16-9(8(14)15,10(11,12)13)7-5-3-2-4-6-7;7-4-6-5(8)2-1-3-9-6/h2*3-14,19-20H,15-16H2,1-2H3;2-6H,1H3,(H,14,15);1-2,5-8H,3-4H2/t19-,20-,23+,24+;19-,20-,23-,24-;9-;5-,6-/m1000/s1. The van der Waals surface area contributed by atoms with E-state index in [1.165, 1.54) is 115 Å². The van der Waals surface area contributed by atoms with E-state index < -0.39 is 166 Å². The monoisotopic (exact) mass is 1490 g/mol. The summed E-state index contributed by atoms with van der Waals surface area (Å²) in [7, 11) is 3.43. The number of aliphatic carboxylic acids is 1. The number of alkyl halides is 15. The molecule has 0 saturated carbocycles. The molecule has 8 rings (SSSR count). The summed E-state index contributed by atoms with van der Waals surface area (Å²) in [4.78, 5) is 62.5. The van der Waals surface area contributed by atoms with Crippen molar-refractivity contribution in [3.05, 3.63) is 216 Å². The molecular formula is C68H67F15O20. The van der Waals surface area contributed by atoms with Crippen LogP contribution in [-0.2, 0) is 109 Å². The first-order chi connectivity index (χ1) is 48.4. The highest BCUT2D eigenvalue weighted by Gasteiger charge is 2.68. The van der Waals surface area contributed by atoms with E-state index >= 15 is 0 Å². The van der Waals surface area contributed by atoms with E-state index in [9.17, 15) is 89.8 Å². The zero-order valence-electron chi connectivity index (χ0n) is 54.6. The molecule has 0 saturated heterocycles. The van der Waals surface area contributed by atoms with Crippen LogP contribution in [0.25, 0.3) is 0 Å². The Morgan fingerprint density at radius 2 is 0.602 bits per heavy atom. The van der Waals surface area contributed by atoms with E-state index in [0.717, 1.165) is 60.7 Å². The number of hydrogen-bond donors (Lipinski definition) is 3. The van der Waals surface area contributed by atoms with E-state index in [1.54, 1.807) is 12.2 Å². The Labute approximate surface area is 576 Å². The number of aliphatic hydroxyl groups is 2. The summed E-state index contributed by atoms with van der Waals surface area (Å²) in [5, 5.41) is 26.3. The van der Waals surface area contributed by atoms with Gasteiger partial charge in [-0.2, -0.15) is 65.9 Å². The molecule has 0 aliphatic carbocycles. The molecule has 0 radical (unpaired) electrons. The average molecular weight is 1490 g/mol. The Bertz CT molecular complexity index is 3420. The van der Waals surface area contributed by atoms with Crippen molar-refractivity contribution in [2.24, 2.45) is 0 Å². The molecule has 35 heteroatoms. The fourth-order valence-electron chi connectivity index (χ4n) is 10.3. The Balaban J connectivity index is 0.000000278. The number of carbonyl (C=O) groups is 5. The molecule has 11 atom stereocenters. The molecule has 0 spiro atoms. The number of carboxylic acids is 1. The number of aliphatic hydroxyl groups excluding tert-OH is 2. The molecule has 0 fully saturated rings. The van der Waals surface area contributed by atoms with Gasteiger partial charge in [-0.05, 0) is 12.2 Å². The van der Waals surface area contributed by atoms with Crippen molar-refractivity contribution in [3.63, 3.8) is 0 Å². The molecular weight excluding hydrogens is 1420 g/mol. The lowest BCUT2D eigenvalue weighted by Crippen LogP contribution is -2.54. The smallest absolute Gasteiger partial charge is 0.432 e. The molecule has 0 unspecified atom stereocenters. The summed E-state index contributed by atoms with van der Waals surface area (Å²) in [5.74, 6) is -9.50. The van der Waals surface area contributed by atoms with Gasteiger partial charge in [0.05, 0.1) is 26.4 Å². The van der Waals surface area contributed by atoms with Crippen LogP contribution in [0, 0.1) is 0 Å². The third kappa shape index (κ3) is 18.6. The normalized spacial score (nSPS) is 21.3. The third-order valence-electron chi connectivity index (χ3n) is 15.6. The van der Waals surface area contributed by atoms with Crippen LogP contribution in [0.3, 0.4) is 0 Å². The van der Waals surface area contributed by atoms with Gasteiger partial charge in [0.25, 0.3) is 28.0 Å². The number of ether oxygens (including phenoxy) is 12. The predicted molar refractivity (Wildman–Crippen MR) is 325 cm³/mol. The first-order valence-electron chi connectivity index (χ1n) is 29.9. The van der Waals surface area contributed by atoms with Crippen LogP contribution in [0.4, 0.5) is 65.9 Å². The van der Waals surface area contributed by atoms with Gasteiger partial charge in [-0.1, -0.05) is 176 Å². The molecule has 3 N–H and O–H groups in total. The van der Waals surface area contributed by atoms with Gasteiger partial charge in [0.1, 0.15) is 49.8 Å². The fraction of sp³-hybridized carbons (Fsp3) is 0.397. The second-order valence-corrected chi connectivity index (χ2v) is 21.6. The van der Waals surface area contributed by atoms with Gasteiger partial charge in [0.15, 0.2) is 0 Å². The van der Waals surface area contributed by atoms with Gasteiger partial charge >= 0.3 is 60.7 Å². The van der Waals surface area contributed by atoms with E-state index in [4.69, 9.17) is 48.5 Å². The van der Waals surface area contributed by atoms with E-state index in [0.29, 0.717) is 42.2 Å². The maximum Gasteiger partial charge on any atom is 0.432 e. The quantitative estimate of drug-likeness (QED) is 0.0252. The van der Waals surface area contributed by atoms with E-state index in [1.807, 2.05) is 0 Å². The van der Waals surface area contributed by atoms with Gasteiger partial charge in [-0.3, -0.25) is 0 Å². The summed E-state index contributed by atoms with van der Waals surface area (Å²) in [5.41, 5.74) is -20.1. The molecule has 3 aliphatic rings. The Hall–Kier alpha value is -8.78. The number of carbonyl (C=O) groups excluding carboxylic acids is 4. The second kappa shape index (κ2) is 36.1. The number of benzene rings is 5. The lowest BCUT2D eigenvalue weighted by molar-refractivity contribution is -0.281. The lowest BCUT2D eigenvalue weighted by atomic mass is 9.92. The SMILES string of the molecule is CO[C@](C(=O)O)(c1ccccc1)C(F)(F)F.CO[C@](C(=O)OC[C@@H]1OCC=C[C@@H]1OC(=O)[C@@](OC)(c1ccccc1)C(F)(F)F)(c1ccccc1)C(F)(F)F.CO[C@](C(=O)OC[C@H]1OCC=C[C@H]1OC(=O)[C@@](OC)(c1ccccc1)C(F)(F)F)(c1ccccc1)C(F)(F)F.OC[C@@H]1OCC=C[C@@H]1O. The van der Waals surface area contributed by atoms with Gasteiger partial charge < -0.3 is 72.2 Å². The number of carboxylic acid groups (broad SMARTS) is 1. The Kier molecular flexibility index (Phi) is 29.7. The van der Waals surface area contributed by atoms with Crippen molar-refractivity contribution in [1.29, 1.82) is 0 Å². The van der Waals surface area contributed by atoms with Crippen molar-refractivity contribution in [2.45, 2.75) is 95.5 Å². The first-order valence-corrected chi connectivity index (χ1v) is 29.9. The summed E-state index contributed by atoms with van der Waals surface area (Å²) in [6, 6.07) is 30.3. The van der Waals surface area contributed by atoms with Crippen LogP contribution in [-0.4, -0.2) is 188 Å². The van der Waals surface area contributed by atoms with Crippen molar-refractivity contribution < 1.29 is 162 Å². The molecule has 20 nitrogen and oxygen atoms in total. The number of halogens is 15. The molecule has 0 amide bonds. The summed E-state index contributed by atoms with van der Waals surface area (Å²) in [6.07, 6.45) is -24.8. The molecule has 564 valence electrons. The molecule has 0 aromatic heterocycles. The largest absolute Gasteiger partial charge is 0.479 e. The third-order valence-corrected chi connectivity index (χ3v) is 15.6. The maximum absolute atomic E-state index is 14.2. The maximum atomic E-state index is 14.2. The highest BCUT2D eigenvalue weighted by Crippen LogP contribution is 2.48. The van der Waals surface area contributed by atoms with Crippen LogP contribution in [0.1, 0.15) is 27.8 Å². The molecule has 5 aromatic carbocycles. The van der Waals surface area contributed by atoms with Gasteiger partial charge in [0, 0.05) is 63.4 Å². The fourth-order valence-corrected chi connectivity index (χ4v) is 10.3. The lowest BCUT2D eigenvalue weighted by Gasteiger charge is -2.36. The minimum atomic E-state index is -5.26. The molecule has 3 heterocycles. The predicted octanol–water partition coefficient (Wildman–Crippen LogP) is 10.7. The molecule has 5 aromatic rings.